The third kappa shape index (κ3) is 12.9. The summed E-state index contributed by atoms with van der Waals surface area (Å²) in [5.41, 5.74) is 3.77. The maximum Gasteiger partial charge on any atom is 0.410 e. The van der Waals surface area contributed by atoms with Crippen LogP contribution in [0.3, 0.4) is 0 Å². The fourth-order valence-electron chi connectivity index (χ4n) is 10.3. The fourth-order valence-corrected chi connectivity index (χ4v) is 11.1. The number of rotatable bonds is 25. The number of benzene rings is 4. The molecule has 4 aromatic carbocycles. The molecule has 0 aromatic heterocycles. The minimum Gasteiger partial charge on any atom is -0.493 e. The van der Waals surface area contributed by atoms with Gasteiger partial charge in [-0.25, -0.2) is 4.79 Å². The number of carbonyl (C=O) groups excluding carboxylic acids is 1. The lowest BCUT2D eigenvalue weighted by atomic mass is 9.55. The van der Waals surface area contributed by atoms with Gasteiger partial charge in [0.1, 0.15) is 29.7 Å². The lowest BCUT2D eigenvalue weighted by Gasteiger charge is -2.60. The Hall–Kier alpha value is -5.51. The Morgan fingerprint density at radius 3 is 2.38 bits per heavy atom. The lowest BCUT2D eigenvalue weighted by molar-refractivity contribution is -0.256. The summed E-state index contributed by atoms with van der Waals surface area (Å²) < 4.78 is 44.9. The van der Waals surface area contributed by atoms with Crippen molar-refractivity contribution in [3.63, 3.8) is 0 Å². The average molecular weight is 991 g/mol. The Kier molecular flexibility index (Phi) is 18.1. The third-order valence-corrected chi connectivity index (χ3v) is 14.4. The number of hydrogen-bond acceptors (Lipinski definition) is 13. The van der Waals surface area contributed by atoms with Gasteiger partial charge in [0.05, 0.1) is 38.1 Å². The van der Waals surface area contributed by atoms with E-state index in [1.807, 2.05) is 99.6 Å². The van der Waals surface area contributed by atoms with E-state index in [-0.39, 0.29) is 70.5 Å². The minimum atomic E-state index is -1.50. The maximum atomic E-state index is 15.1. The molecule has 2 N–H and O–H groups in total. The number of allylic oxidation sites excluding steroid dienone is 1. The van der Waals surface area contributed by atoms with E-state index in [1.165, 1.54) is 4.90 Å². The van der Waals surface area contributed by atoms with Crippen molar-refractivity contribution < 1.29 is 53.0 Å². The van der Waals surface area contributed by atoms with Crippen LogP contribution in [0.2, 0.25) is 0 Å². The molecule has 71 heavy (non-hydrogen) atoms. The number of ether oxygens (including phenoxy) is 7. The van der Waals surface area contributed by atoms with Crippen LogP contribution >= 0.6 is 11.8 Å². The van der Waals surface area contributed by atoms with E-state index in [9.17, 15) is 10.2 Å². The molecule has 6 atom stereocenters. The summed E-state index contributed by atoms with van der Waals surface area (Å²) in [6, 6.07) is 31.0. The molecule has 0 bridgehead atoms. The SMILES string of the molecule is C=CCOC12Oc3ccc(OCCSc4ccccc4)cc3C3C(CCCCO)C(CCCCO)C=C(C(=NOC(C)(C)C)CC1N(Cc1ccc4c(c1)OCO4)C(=O)OCCOCc1ccccc1)C32. The largest absolute Gasteiger partial charge is 0.493 e. The van der Waals surface area contributed by atoms with Crippen LogP contribution in [0.5, 0.6) is 23.0 Å². The zero-order valence-electron chi connectivity index (χ0n) is 41.4. The van der Waals surface area contributed by atoms with Gasteiger partial charge in [0, 0.05) is 48.3 Å². The second kappa shape index (κ2) is 24.7. The molecule has 0 spiro atoms. The smallest absolute Gasteiger partial charge is 0.410 e. The maximum absolute atomic E-state index is 15.1. The molecular formula is C57H70N2O11S. The normalized spacial score (nSPS) is 22.4. The molecule has 13 nitrogen and oxygen atoms in total. The molecule has 4 aromatic rings. The standard InChI is InChI=1S/C57H70N2O11S/c1-5-28-68-57-52(59(37-41-22-24-50-51(33-41)67-39-66-50)55(62)65-30-29-63-38-40-16-8-6-9-17-40)36-48(58-70-56(2,3)4)46-34-42(18-12-14-26-60)45(21-13-15-27-61)53(54(46)57)47-35-43(23-25-49(47)69-57)64-31-32-71-44-19-10-7-11-20-44/h5-11,16-17,19-20,22-25,33-35,42,45,52-54,60-61H,1,12-15,18,21,26-32,36-39H2,2-4H3. The van der Waals surface area contributed by atoms with Crippen molar-refractivity contribution in [3.8, 4) is 23.0 Å². The number of aliphatic hydroxyl groups is 2. The van der Waals surface area contributed by atoms with Crippen LogP contribution in [-0.4, -0.2) is 96.5 Å². The Bertz CT molecular complexity index is 2430. The molecule has 2 heterocycles. The first-order valence-electron chi connectivity index (χ1n) is 25.1. The van der Waals surface area contributed by atoms with Gasteiger partial charge in [-0.3, -0.25) is 4.90 Å². The first-order chi connectivity index (χ1) is 34.6. The molecule has 1 saturated carbocycles. The van der Waals surface area contributed by atoms with Crippen molar-refractivity contribution in [2.75, 3.05) is 52.2 Å². The molecule has 4 aliphatic rings. The summed E-state index contributed by atoms with van der Waals surface area (Å²) in [6.45, 7) is 11.5. The van der Waals surface area contributed by atoms with E-state index < -0.39 is 29.4 Å². The van der Waals surface area contributed by atoms with Gasteiger partial charge in [-0.05, 0) is 117 Å². The van der Waals surface area contributed by atoms with Gasteiger partial charge in [0.2, 0.25) is 12.6 Å². The highest BCUT2D eigenvalue weighted by Crippen LogP contribution is 2.62. The fraction of sp³-hybridized carbons (Fsp3) is 0.474. The summed E-state index contributed by atoms with van der Waals surface area (Å²) in [4.78, 5) is 24.4. The van der Waals surface area contributed by atoms with E-state index in [1.54, 1.807) is 22.7 Å². The van der Waals surface area contributed by atoms with Crippen LogP contribution in [0.15, 0.2) is 131 Å². The first-order valence-corrected chi connectivity index (χ1v) is 26.1. The molecule has 6 unspecified atom stereocenters. The third-order valence-electron chi connectivity index (χ3n) is 13.4. The van der Waals surface area contributed by atoms with E-state index in [2.05, 4.69) is 30.9 Å². The lowest BCUT2D eigenvalue weighted by Crippen LogP contribution is -2.70. The van der Waals surface area contributed by atoms with Crippen LogP contribution in [0.25, 0.3) is 0 Å². The van der Waals surface area contributed by atoms with E-state index in [0.717, 1.165) is 59.4 Å². The number of unbranched alkanes of at least 4 members (excludes halogenated alkanes) is 2. The Balaban J connectivity index is 1.24. The Morgan fingerprint density at radius 2 is 1.62 bits per heavy atom. The molecule has 1 fully saturated rings. The number of fused-ring (bicyclic) bond motifs is 3. The van der Waals surface area contributed by atoms with Crippen LogP contribution in [0.4, 0.5) is 4.79 Å². The number of hydrogen-bond donors (Lipinski definition) is 2. The predicted molar refractivity (Wildman–Crippen MR) is 274 cm³/mol. The van der Waals surface area contributed by atoms with Gasteiger partial charge < -0.3 is 48.2 Å². The zero-order valence-corrected chi connectivity index (χ0v) is 42.2. The van der Waals surface area contributed by atoms with E-state index in [4.69, 9.17) is 43.2 Å². The predicted octanol–water partition coefficient (Wildman–Crippen LogP) is 10.9. The van der Waals surface area contributed by atoms with Gasteiger partial charge in [0.25, 0.3) is 0 Å². The number of aliphatic hydroxyl groups excluding tert-OH is 2. The van der Waals surface area contributed by atoms with Gasteiger partial charge in [0.15, 0.2) is 11.5 Å². The summed E-state index contributed by atoms with van der Waals surface area (Å²) in [7, 11) is 0. The van der Waals surface area contributed by atoms with E-state index >= 15 is 4.79 Å². The first kappa shape index (κ1) is 51.8. The van der Waals surface area contributed by atoms with Gasteiger partial charge in [-0.1, -0.05) is 84.7 Å². The summed E-state index contributed by atoms with van der Waals surface area (Å²) >= 11 is 1.74. The van der Waals surface area contributed by atoms with Crippen LogP contribution in [0.1, 0.15) is 88.3 Å². The molecule has 380 valence electrons. The average Bonchev–Trinajstić information content (AvgIpc) is 3.85. The highest BCUT2D eigenvalue weighted by atomic mass is 32.2. The summed E-state index contributed by atoms with van der Waals surface area (Å²) in [6.07, 6.45) is 8.23. The number of carbonyl (C=O) groups is 1. The monoisotopic (exact) mass is 990 g/mol. The number of oxime groups is 1. The summed E-state index contributed by atoms with van der Waals surface area (Å²) in [5.74, 6) is 1.17. The minimum absolute atomic E-state index is 0.000598. The molecule has 8 rings (SSSR count). The molecule has 2 aliphatic heterocycles. The topological polar surface area (TPSA) is 147 Å². The molecule has 2 aliphatic carbocycles. The zero-order chi connectivity index (χ0) is 49.6. The van der Waals surface area contributed by atoms with Crippen molar-refractivity contribution >= 4 is 23.6 Å². The highest BCUT2D eigenvalue weighted by Gasteiger charge is 2.66. The number of thioether (sulfide) groups is 1. The van der Waals surface area contributed by atoms with Crippen molar-refractivity contribution in [2.24, 2.45) is 22.9 Å². The molecule has 14 heteroatoms. The van der Waals surface area contributed by atoms with Gasteiger partial charge >= 0.3 is 6.09 Å². The van der Waals surface area contributed by atoms with Crippen LogP contribution in [0, 0.1) is 17.8 Å². The number of nitrogens with zero attached hydrogens (tertiary/aromatic N) is 2. The van der Waals surface area contributed by atoms with Crippen molar-refractivity contribution in [2.45, 2.75) is 107 Å². The quantitative estimate of drug-likeness (QED) is 0.0282. The van der Waals surface area contributed by atoms with Crippen LogP contribution in [-0.2, 0) is 32.2 Å². The van der Waals surface area contributed by atoms with Gasteiger partial charge in [-0.2, -0.15) is 0 Å². The molecule has 0 saturated heterocycles. The Morgan fingerprint density at radius 1 is 0.873 bits per heavy atom. The second-order valence-electron chi connectivity index (χ2n) is 19.5. The number of amides is 1. The molecule has 1 amide bonds. The van der Waals surface area contributed by atoms with Gasteiger partial charge in [-0.15, -0.1) is 18.3 Å². The second-order valence-corrected chi connectivity index (χ2v) is 20.6. The van der Waals surface area contributed by atoms with Crippen molar-refractivity contribution in [1.29, 1.82) is 0 Å². The molecule has 0 radical (unpaired) electrons. The van der Waals surface area contributed by atoms with Crippen LogP contribution < -0.4 is 18.9 Å². The molecular weight excluding hydrogens is 921 g/mol. The Labute approximate surface area is 423 Å². The van der Waals surface area contributed by atoms with E-state index in [0.29, 0.717) is 49.0 Å². The van der Waals surface area contributed by atoms with Crippen molar-refractivity contribution in [3.05, 3.63) is 138 Å². The summed E-state index contributed by atoms with van der Waals surface area (Å²) in [5, 5.41) is 25.1. The van der Waals surface area contributed by atoms with Crippen molar-refractivity contribution in [1.82, 2.24) is 4.90 Å². The highest BCUT2D eigenvalue weighted by molar-refractivity contribution is 7.99.